The number of aliphatic hydroxyl groups is 3. The fourth-order valence-corrected chi connectivity index (χ4v) is 2.53. The van der Waals surface area contributed by atoms with Crippen LogP contribution in [0.4, 0.5) is 8.78 Å². The van der Waals surface area contributed by atoms with Gasteiger partial charge in [-0.3, -0.25) is 14.4 Å². The number of hydrogen-bond acceptors (Lipinski definition) is 6. The fourth-order valence-electron chi connectivity index (χ4n) is 2.53. The van der Waals surface area contributed by atoms with E-state index in [1.165, 1.54) is 42.5 Å². The van der Waals surface area contributed by atoms with Gasteiger partial charge in [0.15, 0.2) is 12.1 Å². The van der Waals surface area contributed by atoms with Crippen LogP contribution in [0.3, 0.4) is 0 Å². The topological polar surface area (TPSA) is 112 Å². The first-order chi connectivity index (χ1) is 12.7. The highest BCUT2D eigenvalue weighted by atomic mass is 19.3. The van der Waals surface area contributed by atoms with Gasteiger partial charge in [-0.25, -0.2) is 0 Å². The van der Waals surface area contributed by atoms with Gasteiger partial charge >= 0.3 is 5.92 Å². The summed E-state index contributed by atoms with van der Waals surface area (Å²) in [6.07, 6.45) is -6.58. The molecule has 0 bridgehead atoms. The lowest BCUT2D eigenvalue weighted by atomic mass is 9.78. The number of ketones is 2. The second-order valence-corrected chi connectivity index (χ2v) is 5.82. The number of carbonyl (C=O) groups excluding carboxylic acids is 3. The molecule has 0 saturated heterocycles. The van der Waals surface area contributed by atoms with E-state index in [0.29, 0.717) is 0 Å². The molecule has 0 radical (unpaired) electrons. The zero-order valence-electron chi connectivity index (χ0n) is 13.8. The van der Waals surface area contributed by atoms with Crippen molar-refractivity contribution in [1.29, 1.82) is 0 Å². The summed E-state index contributed by atoms with van der Waals surface area (Å²) >= 11 is 0. The Bertz CT molecular complexity index is 825. The third-order valence-corrected chi connectivity index (χ3v) is 4.09. The summed E-state index contributed by atoms with van der Waals surface area (Å²) in [5.74, 6) is -7.70. The highest BCUT2D eigenvalue weighted by Crippen LogP contribution is 2.35. The highest BCUT2D eigenvalue weighted by molar-refractivity contribution is 6.07. The van der Waals surface area contributed by atoms with Crippen LogP contribution in [-0.4, -0.2) is 56.9 Å². The first-order valence-electron chi connectivity index (χ1n) is 7.78. The van der Waals surface area contributed by atoms with Crippen LogP contribution in [0.5, 0.6) is 0 Å². The normalized spacial score (nSPS) is 16.0. The van der Waals surface area contributed by atoms with Crippen LogP contribution in [-0.2, 0) is 4.79 Å². The fraction of sp³-hybridized carbons (Fsp3) is 0.211. The molecule has 2 aromatic carbocycles. The molecule has 0 heterocycles. The van der Waals surface area contributed by atoms with Crippen molar-refractivity contribution in [2.45, 2.75) is 23.7 Å². The number of halogens is 2. The Morgan fingerprint density at radius 3 is 1.78 bits per heavy atom. The second-order valence-electron chi connectivity index (χ2n) is 5.82. The number of alkyl halides is 2. The first-order valence-corrected chi connectivity index (χ1v) is 7.78. The van der Waals surface area contributed by atoms with Crippen molar-refractivity contribution in [1.82, 2.24) is 0 Å². The minimum absolute atomic E-state index is 0.145. The van der Waals surface area contributed by atoms with E-state index in [1.54, 1.807) is 6.07 Å². The summed E-state index contributed by atoms with van der Waals surface area (Å²) < 4.78 is 28.4. The third-order valence-electron chi connectivity index (χ3n) is 4.09. The SMILES string of the molecule is O=CC(F)(F)[C@@](O)(C(=O)c1ccccc1)[C@H](O)C(O)C(=O)c1ccccc1. The molecule has 0 aromatic heterocycles. The van der Waals surface area contributed by atoms with E-state index < -0.39 is 47.1 Å². The number of benzene rings is 2. The van der Waals surface area contributed by atoms with Crippen molar-refractivity contribution in [2.75, 3.05) is 0 Å². The molecule has 2 rings (SSSR count). The van der Waals surface area contributed by atoms with Crippen molar-refractivity contribution < 1.29 is 38.5 Å². The molecule has 0 aliphatic heterocycles. The number of Topliss-reactive ketones (excluding diaryl/α,β-unsaturated/α-hetero) is 2. The van der Waals surface area contributed by atoms with Crippen LogP contribution in [0.25, 0.3) is 0 Å². The predicted octanol–water partition coefficient (Wildman–Crippen LogP) is 1.04. The van der Waals surface area contributed by atoms with Crippen molar-refractivity contribution in [3.05, 3.63) is 71.8 Å². The summed E-state index contributed by atoms with van der Waals surface area (Å²) in [4.78, 5) is 35.6. The largest absolute Gasteiger partial charge is 0.386 e. The molecule has 142 valence electrons. The maximum absolute atomic E-state index is 14.2. The monoisotopic (exact) mass is 378 g/mol. The minimum Gasteiger partial charge on any atom is -0.386 e. The predicted molar refractivity (Wildman–Crippen MR) is 89.5 cm³/mol. The standard InChI is InChI=1S/C19H16F2O6/c20-18(21,11-22)19(27,16(25)13-9-5-2-6-10-13)17(26)15(24)14(23)12-7-3-1-4-8-12/h1-11,15,17,24,26-27H/t15?,17-,19-/m1/s1. The summed E-state index contributed by atoms with van der Waals surface area (Å²) in [7, 11) is 0. The number of carbonyl (C=O) groups is 3. The lowest BCUT2D eigenvalue weighted by Gasteiger charge is -2.36. The summed E-state index contributed by atoms with van der Waals surface area (Å²) in [6, 6.07) is 13.1. The number of aldehydes is 1. The maximum atomic E-state index is 14.2. The average molecular weight is 378 g/mol. The molecular formula is C19H16F2O6. The number of rotatable bonds is 8. The van der Waals surface area contributed by atoms with Crippen LogP contribution in [0.1, 0.15) is 20.7 Å². The number of aliphatic hydroxyl groups excluding tert-OH is 2. The third kappa shape index (κ3) is 3.68. The summed E-state index contributed by atoms with van der Waals surface area (Å²) in [6.45, 7) is 0. The van der Waals surface area contributed by atoms with Crippen LogP contribution in [0.2, 0.25) is 0 Å². The molecule has 3 atom stereocenters. The van der Waals surface area contributed by atoms with Gasteiger partial charge in [0.25, 0.3) is 0 Å². The molecule has 0 amide bonds. The molecule has 0 aliphatic carbocycles. The maximum Gasteiger partial charge on any atom is 0.340 e. The van der Waals surface area contributed by atoms with E-state index in [2.05, 4.69) is 0 Å². The minimum atomic E-state index is -4.78. The Morgan fingerprint density at radius 1 is 0.889 bits per heavy atom. The molecule has 0 aliphatic rings. The second kappa shape index (κ2) is 7.83. The van der Waals surface area contributed by atoms with Crippen LogP contribution in [0, 0.1) is 0 Å². The van der Waals surface area contributed by atoms with E-state index in [9.17, 15) is 38.5 Å². The summed E-state index contributed by atoms with van der Waals surface area (Å²) in [5, 5.41) is 30.7. The Kier molecular flexibility index (Phi) is 5.94. The van der Waals surface area contributed by atoms with Gasteiger partial charge < -0.3 is 15.3 Å². The van der Waals surface area contributed by atoms with Gasteiger partial charge in [-0.2, -0.15) is 8.78 Å². The molecular weight excluding hydrogens is 362 g/mol. The van der Waals surface area contributed by atoms with Gasteiger partial charge in [-0.15, -0.1) is 0 Å². The molecule has 27 heavy (non-hydrogen) atoms. The molecule has 0 saturated carbocycles. The zero-order chi connectivity index (χ0) is 20.2. The smallest absolute Gasteiger partial charge is 0.340 e. The zero-order valence-corrected chi connectivity index (χ0v) is 13.8. The van der Waals surface area contributed by atoms with Gasteiger partial charge in [0.2, 0.25) is 11.4 Å². The van der Waals surface area contributed by atoms with Gasteiger partial charge in [-0.05, 0) is 0 Å². The van der Waals surface area contributed by atoms with Crippen molar-refractivity contribution >= 4 is 17.9 Å². The molecule has 8 heteroatoms. The Morgan fingerprint density at radius 2 is 1.33 bits per heavy atom. The Balaban J connectivity index is 2.49. The van der Waals surface area contributed by atoms with Gasteiger partial charge in [0.1, 0.15) is 12.2 Å². The van der Waals surface area contributed by atoms with Crippen molar-refractivity contribution in [2.24, 2.45) is 0 Å². The number of hydrogen-bond donors (Lipinski definition) is 3. The highest BCUT2D eigenvalue weighted by Gasteiger charge is 2.65. The molecule has 0 fully saturated rings. The van der Waals surface area contributed by atoms with E-state index in [0.717, 1.165) is 12.1 Å². The Labute approximate surface area is 152 Å². The molecule has 1 unspecified atom stereocenters. The summed E-state index contributed by atoms with van der Waals surface area (Å²) in [5.41, 5.74) is -4.65. The van der Waals surface area contributed by atoms with Gasteiger partial charge in [-0.1, -0.05) is 60.7 Å². The van der Waals surface area contributed by atoms with Crippen LogP contribution < -0.4 is 0 Å². The average Bonchev–Trinajstić information content (AvgIpc) is 2.72. The van der Waals surface area contributed by atoms with E-state index in [1.807, 2.05) is 0 Å². The van der Waals surface area contributed by atoms with Crippen molar-refractivity contribution in [3.8, 4) is 0 Å². The van der Waals surface area contributed by atoms with Crippen LogP contribution >= 0.6 is 0 Å². The van der Waals surface area contributed by atoms with Gasteiger partial charge in [0.05, 0.1) is 0 Å². The van der Waals surface area contributed by atoms with Gasteiger partial charge in [0, 0.05) is 11.1 Å². The molecule has 2 aromatic rings. The lowest BCUT2D eigenvalue weighted by Crippen LogP contribution is -2.66. The molecule has 3 N–H and O–H groups in total. The molecule has 6 nitrogen and oxygen atoms in total. The van der Waals surface area contributed by atoms with E-state index in [-0.39, 0.29) is 5.56 Å². The Hall–Kier alpha value is -2.81. The quantitative estimate of drug-likeness (QED) is 0.467. The molecule has 0 spiro atoms. The lowest BCUT2D eigenvalue weighted by molar-refractivity contribution is -0.202. The van der Waals surface area contributed by atoms with E-state index in [4.69, 9.17) is 0 Å². The first kappa shape index (κ1) is 20.5. The van der Waals surface area contributed by atoms with E-state index >= 15 is 0 Å². The van der Waals surface area contributed by atoms with Crippen LogP contribution in [0.15, 0.2) is 60.7 Å². The van der Waals surface area contributed by atoms with Crippen molar-refractivity contribution in [3.63, 3.8) is 0 Å².